The van der Waals surface area contributed by atoms with Gasteiger partial charge in [-0.05, 0) is 35.0 Å². The molecule has 2 heterocycles. The molecule has 0 spiro atoms. The summed E-state index contributed by atoms with van der Waals surface area (Å²) in [6.45, 7) is 0. The van der Waals surface area contributed by atoms with E-state index in [1.807, 2.05) is 4.68 Å². The fourth-order valence-electron chi connectivity index (χ4n) is 2.16. The van der Waals surface area contributed by atoms with Crippen LogP contribution in [0.2, 0.25) is 5.15 Å². The van der Waals surface area contributed by atoms with Crippen molar-refractivity contribution in [3.05, 3.63) is 11.5 Å². The van der Waals surface area contributed by atoms with E-state index in [9.17, 15) is 0 Å². The summed E-state index contributed by atoms with van der Waals surface area (Å²) in [4.78, 5) is 7.94. The third kappa shape index (κ3) is 2.50. The van der Waals surface area contributed by atoms with E-state index in [-0.39, 0.29) is 5.15 Å². The molecule has 1 aliphatic rings. The number of aromatic nitrogens is 6. The summed E-state index contributed by atoms with van der Waals surface area (Å²) in [5, 5.41) is 13.4. The zero-order valence-electron chi connectivity index (χ0n) is 10.0. The number of tetrazole rings is 1. The first-order chi connectivity index (χ1) is 9.25. The number of rotatable bonds is 3. The van der Waals surface area contributed by atoms with Crippen LogP contribution >= 0.6 is 23.4 Å². The van der Waals surface area contributed by atoms with Gasteiger partial charge in [-0.25, -0.2) is 14.6 Å². The zero-order valence-corrected chi connectivity index (χ0v) is 11.6. The van der Waals surface area contributed by atoms with E-state index in [4.69, 9.17) is 17.3 Å². The Hall–Kier alpha value is -1.41. The summed E-state index contributed by atoms with van der Waals surface area (Å²) in [6.07, 6.45) is 6.04. The smallest absolute Gasteiger partial charge is 0.215 e. The minimum Gasteiger partial charge on any atom is -0.394 e. The minimum absolute atomic E-state index is 0.248. The van der Waals surface area contributed by atoms with Crippen molar-refractivity contribution in [2.45, 2.75) is 41.9 Å². The second-order valence-electron chi connectivity index (χ2n) is 4.33. The van der Waals surface area contributed by atoms with Crippen LogP contribution in [0.4, 0.5) is 5.69 Å². The molecule has 0 amide bonds. The lowest BCUT2D eigenvalue weighted by Crippen LogP contribution is -2.08. The van der Waals surface area contributed by atoms with Crippen LogP contribution in [0.5, 0.6) is 0 Å². The van der Waals surface area contributed by atoms with Crippen molar-refractivity contribution in [3.63, 3.8) is 0 Å². The lowest BCUT2D eigenvalue weighted by molar-refractivity contribution is 0.423. The van der Waals surface area contributed by atoms with E-state index >= 15 is 0 Å². The maximum Gasteiger partial charge on any atom is 0.215 e. The molecule has 1 fully saturated rings. The Morgan fingerprint density at radius 1 is 1.32 bits per heavy atom. The van der Waals surface area contributed by atoms with E-state index in [1.54, 1.807) is 0 Å². The van der Waals surface area contributed by atoms with Gasteiger partial charge < -0.3 is 5.73 Å². The molecular weight excluding hydrogens is 286 g/mol. The van der Waals surface area contributed by atoms with Gasteiger partial charge in [0.2, 0.25) is 5.16 Å². The van der Waals surface area contributed by atoms with Gasteiger partial charge in [0.05, 0.1) is 6.04 Å². The van der Waals surface area contributed by atoms with Gasteiger partial charge in [0.25, 0.3) is 0 Å². The summed E-state index contributed by atoms with van der Waals surface area (Å²) in [7, 11) is 0. The summed E-state index contributed by atoms with van der Waals surface area (Å²) < 4.78 is 1.85. The summed E-state index contributed by atoms with van der Waals surface area (Å²) in [5.74, 6) is 0. The zero-order chi connectivity index (χ0) is 13.2. The molecule has 0 bridgehead atoms. The van der Waals surface area contributed by atoms with E-state index in [1.165, 1.54) is 30.9 Å². The van der Waals surface area contributed by atoms with Gasteiger partial charge in [0.1, 0.15) is 17.0 Å². The number of hydrogen-bond donors (Lipinski definition) is 1. The van der Waals surface area contributed by atoms with Crippen LogP contribution in [-0.2, 0) is 0 Å². The maximum absolute atomic E-state index is 5.87. The molecule has 19 heavy (non-hydrogen) atoms. The third-order valence-corrected chi connectivity index (χ3v) is 4.39. The van der Waals surface area contributed by atoms with Crippen LogP contribution in [0.3, 0.4) is 0 Å². The van der Waals surface area contributed by atoms with E-state index in [2.05, 4.69) is 25.5 Å². The molecule has 0 atom stereocenters. The molecule has 0 radical (unpaired) electrons. The Labute approximate surface area is 118 Å². The molecule has 1 aliphatic carbocycles. The first-order valence-electron chi connectivity index (χ1n) is 5.97. The first-order valence-corrected chi connectivity index (χ1v) is 7.17. The molecule has 0 unspecified atom stereocenters. The fourth-order valence-corrected chi connectivity index (χ4v) is 3.18. The summed E-state index contributed by atoms with van der Waals surface area (Å²) in [5.41, 5.74) is 6.20. The normalized spacial score (nSPS) is 16.1. The molecule has 7 nitrogen and oxygen atoms in total. The largest absolute Gasteiger partial charge is 0.394 e. The highest BCUT2D eigenvalue weighted by Gasteiger charge is 2.22. The number of hydrogen-bond acceptors (Lipinski definition) is 7. The van der Waals surface area contributed by atoms with Crippen molar-refractivity contribution in [2.24, 2.45) is 0 Å². The molecule has 0 aromatic carbocycles. The fraction of sp³-hybridized carbons (Fsp3) is 0.500. The van der Waals surface area contributed by atoms with E-state index < -0.39 is 0 Å². The summed E-state index contributed by atoms with van der Waals surface area (Å²) >= 11 is 7.19. The van der Waals surface area contributed by atoms with Crippen LogP contribution in [0.25, 0.3) is 0 Å². The van der Waals surface area contributed by atoms with Crippen LogP contribution in [0.15, 0.2) is 16.5 Å². The van der Waals surface area contributed by atoms with Crippen LogP contribution in [0, 0.1) is 0 Å². The van der Waals surface area contributed by atoms with Gasteiger partial charge >= 0.3 is 0 Å². The lowest BCUT2D eigenvalue weighted by Gasteiger charge is -2.10. The minimum atomic E-state index is 0.248. The van der Waals surface area contributed by atoms with Gasteiger partial charge in [-0.15, -0.1) is 5.10 Å². The highest BCUT2D eigenvalue weighted by atomic mass is 35.5. The Morgan fingerprint density at radius 3 is 2.89 bits per heavy atom. The lowest BCUT2D eigenvalue weighted by atomic mass is 10.3. The Bertz CT molecular complexity index is 581. The monoisotopic (exact) mass is 297 g/mol. The highest BCUT2D eigenvalue weighted by molar-refractivity contribution is 7.99. The Morgan fingerprint density at radius 2 is 2.11 bits per heavy atom. The van der Waals surface area contributed by atoms with E-state index in [0.717, 1.165) is 12.8 Å². The van der Waals surface area contributed by atoms with Gasteiger partial charge in [-0.1, -0.05) is 24.4 Å². The molecule has 2 aromatic rings. The molecule has 2 N–H and O–H groups in total. The predicted molar refractivity (Wildman–Crippen MR) is 70.9 cm³/mol. The SMILES string of the molecule is Nc1c(Cl)ncnc1Sc1nnnn1C1CCCC1. The van der Waals surface area contributed by atoms with Crippen molar-refractivity contribution >= 4 is 29.1 Å². The third-order valence-electron chi connectivity index (χ3n) is 3.12. The molecule has 100 valence electrons. The highest BCUT2D eigenvalue weighted by Crippen LogP contribution is 2.35. The molecule has 0 aliphatic heterocycles. The number of nitrogens with zero attached hydrogens (tertiary/aromatic N) is 6. The molecule has 2 aromatic heterocycles. The Balaban J connectivity index is 1.87. The molecule has 1 saturated carbocycles. The second-order valence-corrected chi connectivity index (χ2v) is 5.64. The number of halogens is 1. The van der Waals surface area contributed by atoms with Crippen molar-refractivity contribution in [2.75, 3.05) is 5.73 Å². The van der Waals surface area contributed by atoms with E-state index in [0.29, 0.717) is 21.9 Å². The second kappa shape index (κ2) is 5.30. The van der Waals surface area contributed by atoms with Crippen LogP contribution in [0.1, 0.15) is 31.7 Å². The molecule has 3 rings (SSSR count). The van der Waals surface area contributed by atoms with Gasteiger partial charge in [0.15, 0.2) is 5.15 Å². The maximum atomic E-state index is 5.87. The van der Waals surface area contributed by atoms with Gasteiger partial charge in [-0.3, -0.25) is 0 Å². The summed E-state index contributed by atoms with van der Waals surface area (Å²) in [6, 6.07) is 0.371. The predicted octanol–water partition coefficient (Wildman–Crippen LogP) is 1.96. The van der Waals surface area contributed by atoms with Crippen molar-refractivity contribution in [1.29, 1.82) is 0 Å². The molecule has 9 heteroatoms. The van der Waals surface area contributed by atoms with Gasteiger partial charge in [0, 0.05) is 0 Å². The van der Waals surface area contributed by atoms with Crippen molar-refractivity contribution in [3.8, 4) is 0 Å². The number of anilines is 1. The van der Waals surface area contributed by atoms with Gasteiger partial charge in [-0.2, -0.15) is 0 Å². The number of nitrogens with two attached hydrogens (primary N) is 1. The van der Waals surface area contributed by atoms with Crippen molar-refractivity contribution < 1.29 is 0 Å². The average molecular weight is 298 g/mol. The average Bonchev–Trinajstić information content (AvgIpc) is 3.05. The molecular formula is C10H12ClN7S. The first kappa shape index (κ1) is 12.6. The van der Waals surface area contributed by atoms with Crippen LogP contribution < -0.4 is 5.73 Å². The number of nitrogen functional groups attached to an aromatic ring is 1. The molecule has 0 saturated heterocycles. The standard InChI is InChI=1S/C10H12ClN7S/c11-8-7(12)9(14-5-13-8)19-10-15-16-17-18(10)6-3-1-2-4-6/h5-6H,1-4,12H2. The topological polar surface area (TPSA) is 95.4 Å². The van der Waals surface area contributed by atoms with Crippen molar-refractivity contribution in [1.82, 2.24) is 30.2 Å². The van der Waals surface area contributed by atoms with Crippen LogP contribution in [-0.4, -0.2) is 30.2 Å². The Kier molecular flexibility index (Phi) is 3.52. The quantitative estimate of drug-likeness (QED) is 0.865.